The second-order valence-electron chi connectivity index (χ2n) is 7.77. The molecule has 0 radical (unpaired) electrons. The van der Waals surface area contributed by atoms with Crippen molar-refractivity contribution in [2.45, 2.75) is 52.4 Å². The van der Waals surface area contributed by atoms with Crippen LogP contribution in [0.5, 0.6) is 5.75 Å². The molecule has 3 nitrogen and oxygen atoms in total. The van der Waals surface area contributed by atoms with Crippen molar-refractivity contribution >= 4 is 5.97 Å². The number of ether oxygens (including phenoxy) is 2. The van der Waals surface area contributed by atoms with Crippen LogP contribution in [0.3, 0.4) is 0 Å². The molecule has 3 heteroatoms. The Morgan fingerprint density at radius 2 is 1.89 bits per heavy atom. The second-order valence-corrected chi connectivity index (χ2v) is 7.77. The van der Waals surface area contributed by atoms with E-state index in [1.54, 1.807) is 0 Å². The predicted molar refractivity (Wildman–Crippen MR) is 112 cm³/mol. The maximum absolute atomic E-state index is 11.6. The Morgan fingerprint density at radius 3 is 2.57 bits per heavy atom. The lowest BCUT2D eigenvalue weighted by Crippen LogP contribution is -2.27. The molecule has 0 amide bonds. The van der Waals surface area contributed by atoms with Crippen molar-refractivity contribution in [1.82, 2.24) is 0 Å². The first-order valence-corrected chi connectivity index (χ1v) is 9.99. The molecule has 2 aromatic rings. The molecule has 0 N–H and O–H groups in total. The molecule has 0 fully saturated rings. The largest absolute Gasteiger partial charge is 0.493 e. The number of carbonyl (C=O) groups is 1. The Morgan fingerprint density at radius 1 is 1.14 bits per heavy atom. The smallest absolute Gasteiger partial charge is 0.310 e. The van der Waals surface area contributed by atoms with E-state index in [-0.39, 0.29) is 11.4 Å². The van der Waals surface area contributed by atoms with Crippen LogP contribution in [-0.2, 0) is 27.8 Å². The van der Waals surface area contributed by atoms with E-state index in [1.807, 2.05) is 31.2 Å². The lowest BCUT2D eigenvalue weighted by Gasteiger charge is -2.33. The highest BCUT2D eigenvalue weighted by molar-refractivity contribution is 5.72. The predicted octanol–water partition coefficient (Wildman–Crippen LogP) is 4.81. The number of aryl methyl sites for hydroxylation is 1. The summed E-state index contributed by atoms with van der Waals surface area (Å²) in [5.41, 5.74) is 5.49. The lowest BCUT2D eigenvalue weighted by atomic mass is 9.78. The molecular formula is C25H28O3. The SMILES string of the molecule is CCOC(=O)Cc1ccc(C#Cc2cc3c(cc2CC)OCCC3(C)C)cc1. The van der Waals surface area contributed by atoms with E-state index in [4.69, 9.17) is 9.47 Å². The summed E-state index contributed by atoms with van der Waals surface area (Å²) in [6.07, 6.45) is 2.22. The first-order valence-electron chi connectivity index (χ1n) is 9.99. The zero-order chi connectivity index (χ0) is 20.1. The Labute approximate surface area is 168 Å². The van der Waals surface area contributed by atoms with Crippen LogP contribution in [0, 0.1) is 11.8 Å². The maximum Gasteiger partial charge on any atom is 0.310 e. The average Bonchev–Trinajstić information content (AvgIpc) is 2.67. The highest BCUT2D eigenvalue weighted by Crippen LogP contribution is 2.39. The summed E-state index contributed by atoms with van der Waals surface area (Å²) >= 11 is 0. The molecule has 0 saturated carbocycles. The summed E-state index contributed by atoms with van der Waals surface area (Å²) in [6, 6.07) is 12.1. The van der Waals surface area contributed by atoms with E-state index in [0.29, 0.717) is 13.0 Å². The Bertz CT molecular complexity index is 911. The van der Waals surface area contributed by atoms with Crippen LogP contribution in [0.2, 0.25) is 0 Å². The van der Waals surface area contributed by atoms with Gasteiger partial charge in [0.05, 0.1) is 19.6 Å². The van der Waals surface area contributed by atoms with Crippen LogP contribution in [0.1, 0.15) is 61.9 Å². The van der Waals surface area contributed by atoms with E-state index in [2.05, 4.69) is 44.7 Å². The monoisotopic (exact) mass is 376 g/mol. The summed E-state index contributed by atoms with van der Waals surface area (Å²) in [5.74, 6) is 7.42. The van der Waals surface area contributed by atoms with Crippen LogP contribution < -0.4 is 4.74 Å². The third-order valence-corrected chi connectivity index (χ3v) is 5.25. The molecule has 3 rings (SSSR count). The minimum Gasteiger partial charge on any atom is -0.493 e. The van der Waals surface area contributed by atoms with Gasteiger partial charge in [0, 0.05) is 16.7 Å². The summed E-state index contributed by atoms with van der Waals surface area (Å²) in [6.45, 7) is 9.66. The van der Waals surface area contributed by atoms with Crippen LogP contribution in [0.15, 0.2) is 36.4 Å². The molecule has 1 heterocycles. The minimum atomic E-state index is -0.201. The number of hydrogen-bond acceptors (Lipinski definition) is 3. The highest BCUT2D eigenvalue weighted by atomic mass is 16.5. The molecule has 0 bridgehead atoms. The van der Waals surface area contributed by atoms with Gasteiger partial charge in [-0.3, -0.25) is 4.79 Å². The molecule has 0 atom stereocenters. The topological polar surface area (TPSA) is 35.5 Å². The van der Waals surface area contributed by atoms with Crippen LogP contribution in [-0.4, -0.2) is 19.2 Å². The summed E-state index contributed by atoms with van der Waals surface area (Å²) in [5, 5.41) is 0. The van der Waals surface area contributed by atoms with Gasteiger partial charge in [0.25, 0.3) is 0 Å². The molecule has 0 aliphatic carbocycles. The highest BCUT2D eigenvalue weighted by Gasteiger charge is 2.29. The minimum absolute atomic E-state index is 0.102. The molecule has 0 saturated heterocycles. The maximum atomic E-state index is 11.6. The van der Waals surface area contributed by atoms with Gasteiger partial charge < -0.3 is 9.47 Å². The van der Waals surface area contributed by atoms with Crippen molar-refractivity contribution in [2.75, 3.05) is 13.2 Å². The van der Waals surface area contributed by atoms with Gasteiger partial charge in [0.15, 0.2) is 0 Å². The first-order chi connectivity index (χ1) is 13.4. The van der Waals surface area contributed by atoms with Crippen molar-refractivity contribution in [1.29, 1.82) is 0 Å². The quantitative estimate of drug-likeness (QED) is 0.567. The fourth-order valence-electron chi connectivity index (χ4n) is 3.45. The van der Waals surface area contributed by atoms with Crippen molar-refractivity contribution in [3.8, 4) is 17.6 Å². The van der Waals surface area contributed by atoms with Gasteiger partial charge >= 0.3 is 5.97 Å². The molecule has 146 valence electrons. The Balaban J connectivity index is 1.84. The summed E-state index contributed by atoms with van der Waals surface area (Å²) in [7, 11) is 0. The molecule has 0 aromatic heterocycles. The van der Waals surface area contributed by atoms with Gasteiger partial charge in [-0.25, -0.2) is 0 Å². The standard InChI is InChI=1S/C25H28O3/c1-5-20-17-23-22(25(3,4)13-14-28-23)16-21(20)12-11-18-7-9-19(10-8-18)15-24(26)27-6-2/h7-10,16-17H,5-6,13-15H2,1-4H3. The molecule has 1 aliphatic rings. The number of hydrogen-bond donors (Lipinski definition) is 0. The zero-order valence-electron chi connectivity index (χ0n) is 17.2. The fraction of sp³-hybridized carbons (Fsp3) is 0.400. The van der Waals surface area contributed by atoms with Gasteiger partial charge in [-0.15, -0.1) is 0 Å². The molecule has 28 heavy (non-hydrogen) atoms. The van der Waals surface area contributed by atoms with Gasteiger partial charge in [-0.1, -0.05) is 44.7 Å². The van der Waals surface area contributed by atoms with Gasteiger partial charge in [0.1, 0.15) is 5.75 Å². The van der Waals surface area contributed by atoms with E-state index >= 15 is 0 Å². The Hall–Kier alpha value is -2.73. The molecule has 2 aromatic carbocycles. The van der Waals surface area contributed by atoms with Gasteiger partial charge in [-0.05, 0) is 60.6 Å². The third kappa shape index (κ3) is 4.57. The first kappa shape index (κ1) is 20.0. The average molecular weight is 376 g/mol. The summed E-state index contributed by atoms with van der Waals surface area (Å²) < 4.78 is 10.9. The summed E-state index contributed by atoms with van der Waals surface area (Å²) in [4.78, 5) is 11.6. The Kier molecular flexibility index (Phi) is 6.09. The van der Waals surface area contributed by atoms with Crippen LogP contribution in [0.25, 0.3) is 0 Å². The van der Waals surface area contributed by atoms with E-state index in [1.165, 1.54) is 11.1 Å². The number of benzene rings is 2. The number of rotatable bonds is 4. The second kappa shape index (κ2) is 8.52. The van der Waals surface area contributed by atoms with Crippen molar-refractivity contribution < 1.29 is 14.3 Å². The van der Waals surface area contributed by atoms with Crippen molar-refractivity contribution in [3.05, 3.63) is 64.2 Å². The number of carbonyl (C=O) groups excluding carboxylic acids is 1. The van der Waals surface area contributed by atoms with Crippen LogP contribution in [0.4, 0.5) is 0 Å². The van der Waals surface area contributed by atoms with E-state index in [0.717, 1.165) is 41.9 Å². The van der Waals surface area contributed by atoms with E-state index < -0.39 is 0 Å². The normalized spacial score (nSPS) is 14.3. The number of esters is 1. The van der Waals surface area contributed by atoms with Crippen LogP contribution >= 0.6 is 0 Å². The molecule has 0 unspecified atom stereocenters. The van der Waals surface area contributed by atoms with Crippen molar-refractivity contribution in [2.24, 2.45) is 0 Å². The third-order valence-electron chi connectivity index (χ3n) is 5.25. The van der Waals surface area contributed by atoms with E-state index in [9.17, 15) is 4.79 Å². The van der Waals surface area contributed by atoms with Gasteiger partial charge in [-0.2, -0.15) is 0 Å². The molecular weight excluding hydrogens is 348 g/mol. The molecule has 0 spiro atoms. The fourth-order valence-corrected chi connectivity index (χ4v) is 3.45. The van der Waals surface area contributed by atoms with Crippen molar-refractivity contribution in [3.63, 3.8) is 0 Å². The molecule has 1 aliphatic heterocycles. The number of fused-ring (bicyclic) bond motifs is 1. The van der Waals surface area contributed by atoms with Gasteiger partial charge in [0.2, 0.25) is 0 Å². The lowest BCUT2D eigenvalue weighted by molar-refractivity contribution is -0.142. The zero-order valence-corrected chi connectivity index (χ0v) is 17.2.